The molecule has 0 saturated heterocycles. The van der Waals surface area contributed by atoms with E-state index >= 15 is 0 Å². The van der Waals surface area contributed by atoms with Crippen LogP contribution in [0.5, 0.6) is 0 Å². The molecule has 2 nitrogen and oxygen atoms in total. The summed E-state index contributed by atoms with van der Waals surface area (Å²) in [4.78, 5) is 11.2. The van der Waals surface area contributed by atoms with Gasteiger partial charge in [0.15, 0.2) is 0 Å². The SMILES string of the molecule is CC(Cl)C(=O)Nc1ccc(Br)c(C(F)(F)F)c1. The number of carbonyl (C=O) groups is 1. The molecule has 0 spiro atoms. The second kappa shape index (κ2) is 5.27. The van der Waals surface area contributed by atoms with Gasteiger partial charge in [0, 0.05) is 10.2 Å². The van der Waals surface area contributed by atoms with Crippen LogP contribution in [0.25, 0.3) is 0 Å². The van der Waals surface area contributed by atoms with Crippen molar-refractivity contribution >= 4 is 39.1 Å². The third kappa shape index (κ3) is 3.89. The van der Waals surface area contributed by atoms with E-state index in [9.17, 15) is 18.0 Å². The van der Waals surface area contributed by atoms with Crippen LogP contribution in [-0.4, -0.2) is 11.3 Å². The van der Waals surface area contributed by atoms with E-state index in [1.54, 1.807) is 0 Å². The zero-order chi connectivity index (χ0) is 13.2. The molecule has 0 saturated carbocycles. The maximum atomic E-state index is 12.6. The average molecular weight is 331 g/mol. The highest BCUT2D eigenvalue weighted by Gasteiger charge is 2.33. The fourth-order valence-corrected chi connectivity index (χ4v) is 1.59. The molecule has 0 aromatic heterocycles. The molecule has 0 aliphatic carbocycles. The van der Waals surface area contributed by atoms with Gasteiger partial charge >= 0.3 is 6.18 Å². The molecule has 1 atom stereocenters. The lowest BCUT2D eigenvalue weighted by atomic mass is 10.2. The first kappa shape index (κ1) is 14.3. The quantitative estimate of drug-likeness (QED) is 0.815. The van der Waals surface area contributed by atoms with Gasteiger partial charge in [-0.2, -0.15) is 13.2 Å². The number of hydrogen-bond acceptors (Lipinski definition) is 1. The Kier molecular flexibility index (Phi) is 4.43. The molecule has 0 aliphatic rings. The molecule has 0 radical (unpaired) electrons. The number of rotatable bonds is 2. The van der Waals surface area contributed by atoms with Gasteiger partial charge in [0.25, 0.3) is 0 Å². The molecule has 0 heterocycles. The third-order valence-corrected chi connectivity index (χ3v) is 2.79. The second-order valence-electron chi connectivity index (χ2n) is 3.30. The molecular weight excluding hydrogens is 322 g/mol. The smallest absolute Gasteiger partial charge is 0.325 e. The highest BCUT2D eigenvalue weighted by atomic mass is 79.9. The van der Waals surface area contributed by atoms with Gasteiger partial charge in [-0.05, 0) is 25.1 Å². The zero-order valence-electron chi connectivity index (χ0n) is 8.61. The Morgan fingerprint density at radius 2 is 2.06 bits per heavy atom. The van der Waals surface area contributed by atoms with E-state index in [0.29, 0.717) is 0 Å². The van der Waals surface area contributed by atoms with Crippen molar-refractivity contribution in [1.82, 2.24) is 0 Å². The minimum atomic E-state index is -4.48. The van der Waals surface area contributed by atoms with Crippen molar-refractivity contribution in [3.8, 4) is 0 Å². The van der Waals surface area contributed by atoms with Crippen LogP contribution in [0.4, 0.5) is 18.9 Å². The Labute approximate surface area is 109 Å². The van der Waals surface area contributed by atoms with Gasteiger partial charge in [-0.1, -0.05) is 15.9 Å². The first-order valence-electron chi connectivity index (χ1n) is 4.53. The predicted molar refractivity (Wildman–Crippen MR) is 63.1 cm³/mol. The van der Waals surface area contributed by atoms with Crippen LogP contribution >= 0.6 is 27.5 Å². The maximum absolute atomic E-state index is 12.6. The molecule has 17 heavy (non-hydrogen) atoms. The number of hydrogen-bond donors (Lipinski definition) is 1. The number of nitrogens with one attached hydrogen (secondary N) is 1. The molecule has 1 rings (SSSR count). The predicted octanol–water partition coefficient (Wildman–Crippen LogP) is 4.03. The van der Waals surface area contributed by atoms with E-state index in [1.165, 1.54) is 19.1 Å². The minimum absolute atomic E-state index is 0.0537. The van der Waals surface area contributed by atoms with Gasteiger partial charge < -0.3 is 5.32 Å². The molecule has 0 aliphatic heterocycles. The first-order valence-corrected chi connectivity index (χ1v) is 5.76. The van der Waals surface area contributed by atoms with Crippen molar-refractivity contribution < 1.29 is 18.0 Å². The molecule has 7 heteroatoms. The highest BCUT2D eigenvalue weighted by Crippen LogP contribution is 2.36. The fraction of sp³-hybridized carbons (Fsp3) is 0.300. The van der Waals surface area contributed by atoms with E-state index in [0.717, 1.165) is 6.07 Å². The maximum Gasteiger partial charge on any atom is 0.417 e. The second-order valence-corrected chi connectivity index (χ2v) is 4.81. The molecule has 1 amide bonds. The summed E-state index contributed by atoms with van der Waals surface area (Å²) in [5, 5.41) is 1.48. The molecule has 1 aromatic carbocycles. The fourth-order valence-electron chi connectivity index (χ4n) is 1.06. The molecule has 1 N–H and O–H groups in total. The summed E-state index contributed by atoms with van der Waals surface area (Å²) in [6.07, 6.45) is -4.48. The number of amides is 1. The molecule has 1 aromatic rings. The highest BCUT2D eigenvalue weighted by molar-refractivity contribution is 9.10. The number of carbonyl (C=O) groups excluding carboxylic acids is 1. The topological polar surface area (TPSA) is 29.1 Å². The van der Waals surface area contributed by atoms with Crippen molar-refractivity contribution in [3.05, 3.63) is 28.2 Å². The van der Waals surface area contributed by atoms with Crippen LogP contribution in [0, 0.1) is 0 Å². The lowest BCUT2D eigenvalue weighted by molar-refractivity contribution is -0.138. The third-order valence-electron chi connectivity index (χ3n) is 1.90. The average Bonchev–Trinajstić information content (AvgIpc) is 2.19. The molecule has 0 bridgehead atoms. The Balaban J connectivity index is 3.01. The summed E-state index contributed by atoms with van der Waals surface area (Å²) < 4.78 is 37.6. The largest absolute Gasteiger partial charge is 0.417 e. The normalized spacial score (nSPS) is 13.3. The van der Waals surface area contributed by atoms with Gasteiger partial charge in [0.1, 0.15) is 5.38 Å². The summed E-state index contributed by atoms with van der Waals surface area (Å²) in [6, 6.07) is 3.43. The monoisotopic (exact) mass is 329 g/mol. The number of alkyl halides is 4. The van der Waals surface area contributed by atoms with E-state index in [2.05, 4.69) is 21.2 Å². The van der Waals surface area contributed by atoms with E-state index in [1.807, 2.05) is 0 Å². The van der Waals surface area contributed by atoms with Crippen LogP contribution in [0.2, 0.25) is 0 Å². The number of halogens is 5. The minimum Gasteiger partial charge on any atom is -0.325 e. The Morgan fingerprint density at radius 1 is 1.47 bits per heavy atom. The van der Waals surface area contributed by atoms with E-state index in [-0.39, 0.29) is 10.2 Å². The van der Waals surface area contributed by atoms with Crippen LogP contribution in [0.15, 0.2) is 22.7 Å². The van der Waals surface area contributed by atoms with Crippen LogP contribution < -0.4 is 5.32 Å². The molecule has 1 unspecified atom stereocenters. The van der Waals surface area contributed by atoms with E-state index < -0.39 is 23.0 Å². The summed E-state index contributed by atoms with van der Waals surface area (Å²) in [5.74, 6) is -0.554. The summed E-state index contributed by atoms with van der Waals surface area (Å²) in [6.45, 7) is 1.43. The van der Waals surface area contributed by atoms with Crippen molar-refractivity contribution in [2.45, 2.75) is 18.5 Å². The standard InChI is InChI=1S/C10H8BrClF3NO/c1-5(12)9(17)16-6-2-3-8(11)7(4-6)10(13,14)15/h2-5H,1H3,(H,16,17). The molecular formula is C10H8BrClF3NO. The molecule has 0 fully saturated rings. The van der Waals surface area contributed by atoms with Gasteiger partial charge in [-0.25, -0.2) is 0 Å². The van der Waals surface area contributed by atoms with Gasteiger partial charge in [-0.3, -0.25) is 4.79 Å². The van der Waals surface area contributed by atoms with E-state index in [4.69, 9.17) is 11.6 Å². The molecule has 94 valence electrons. The summed E-state index contributed by atoms with van der Waals surface area (Å²) in [7, 11) is 0. The van der Waals surface area contributed by atoms with Gasteiger partial charge in [-0.15, -0.1) is 11.6 Å². The Bertz CT molecular complexity index is 434. The summed E-state index contributed by atoms with van der Waals surface area (Å²) in [5.41, 5.74) is -0.796. The van der Waals surface area contributed by atoms with Crippen LogP contribution in [0.1, 0.15) is 12.5 Å². The van der Waals surface area contributed by atoms with Crippen LogP contribution in [-0.2, 0) is 11.0 Å². The summed E-state index contributed by atoms with van der Waals surface area (Å²) >= 11 is 8.30. The van der Waals surface area contributed by atoms with Gasteiger partial charge in [0.2, 0.25) is 5.91 Å². The van der Waals surface area contributed by atoms with Crippen molar-refractivity contribution in [3.63, 3.8) is 0 Å². The van der Waals surface area contributed by atoms with Crippen molar-refractivity contribution in [1.29, 1.82) is 0 Å². The van der Waals surface area contributed by atoms with Crippen molar-refractivity contribution in [2.24, 2.45) is 0 Å². The lowest BCUT2D eigenvalue weighted by Gasteiger charge is -2.12. The van der Waals surface area contributed by atoms with Crippen LogP contribution in [0.3, 0.4) is 0 Å². The Morgan fingerprint density at radius 3 is 2.53 bits per heavy atom. The Hall–Kier alpha value is -0.750. The number of anilines is 1. The first-order chi connectivity index (χ1) is 7.71. The van der Waals surface area contributed by atoms with Crippen molar-refractivity contribution in [2.75, 3.05) is 5.32 Å². The number of benzene rings is 1. The van der Waals surface area contributed by atoms with Gasteiger partial charge in [0.05, 0.1) is 5.56 Å². The zero-order valence-corrected chi connectivity index (χ0v) is 10.9. The lowest BCUT2D eigenvalue weighted by Crippen LogP contribution is -2.20.